The van der Waals surface area contributed by atoms with Gasteiger partial charge in [-0.2, -0.15) is 0 Å². The van der Waals surface area contributed by atoms with Crippen molar-refractivity contribution in [1.29, 1.82) is 0 Å². The fourth-order valence-corrected chi connectivity index (χ4v) is 1.62. The topological polar surface area (TPSA) is 122 Å². The fourth-order valence-electron chi connectivity index (χ4n) is 1.62. The molecule has 0 bridgehead atoms. The number of nitrogens with one attached hydrogen (secondary N) is 2. The smallest absolute Gasteiger partial charge is 0.312 e. The van der Waals surface area contributed by atoms with Crippen LogP contribution in [0.15, 0.2) is 24.3 Å². The van der Waals surface area contributed by atoms with Crippen molar-refractivity contribution >= 4 is 23.6 Å². The number of urea groups is 1. The van der Waals surface area contributed by atoms with E-state index in [-0.39, 0.29) is 6.42 Å². The number of nitrogens with two attached hydrogens (primary N) is 1. The molecule has 0 saturated heterocycles. The number of aryl methyl sites for hydroxylation is 1. The Morgan fingerprint density at radius 2 is 1.95 bits per heavy atom. The quantitative estimate of drug-likeness (QED) is 0.612. The number of carboxylic acid groups (broad SMARTS) is 1. The first-order chi connectivity index (χ1) is 9.40. The summed E-state index contributed by atoms with van der Waals surface area (Å²) in [6, 6.07) is 5.34. The van der Waals surface area contributed by atoms with Gasteiger partial charge in [0.2, 0.25) is 5.91 Å². The lowest BCUT2D eigenvalue weighted by Crippen LogP contribution is -2.44. The summed E-state index contributed by atoms with van der Waals surface area (Å²) in [6.07, 6.45) is 0.283. The van der Waals surface area contributed by atoms with Crippen LogP contribution in [0.4, 0.5) is 10.5 Å². The number of rotatable bonds is 6. The molecule has 1 aromatic carbocycles. The van der Waals surface area contributed by atoms with Gasteiger partial charge in [0.05, 0.1) is 0 Å². The summed E-state index contributed by atoms with van der Waals surface area (Å²) in [5.41, 5.74) is 6.18. The van der Waals surface area contributed by atoms with Crippen LogP contribution in [0, 0.1) is 0 Å². The molecule has 5 N–H and O–H groups in total. The van der Waals surface area contributed by atoms with Gasteiger partial charge in [-0.3, -0.25) is 9.59 Å². The first kappa shape index (κ1) is 15.5. The molecule has 7 nitrogen and oxygen atoms in total. The SMILES string of the molecule is CC(NC(N)=O)C(=O)Nc1ccccc1CCC(=O)O. The van der Waals surface area contributed by atoms with Gasteiger partial charge in [0, 0.05) is 12.1 Å². The molecule has 0 aliphatic heterocycles. The maximum absolute atomic E-state index is 11.8. The number of benzene rings is 1. The zero-order valence-corrected chi connectivity index (χ0v) is 11.1. The van der Waals surface area contributed by atoms with E-state index in [0.29, 0.717) is 12.1 Å². The molecular weight excluding hydrogens is 262 g/mol. The highest BCUT2D eigenvalue weighted by Crippen LogP contribution is 2.17. The summed E-state index contributed by atoms with van der Waals surface area (Å²) >= 11 is 0. The second-order valence-corrected chi connectivity index (χ2v) is 4.27. The van der Waals surface area contributed by atoms with Gasteiger partial charge in [0.15, 0.2) is 0 Å². The van der Waals surface area contributed by atoms with Gasteiger partial charge in [-0.1, -0.05) is 18.2 Å². The molecule has 0 saturated carbocycles. The summed E-state index contributed by atoms with van der Waals surface area (Å²) in [4.78, 5) is 33.1. The monoisotopic (exact) mass is 279 g/mol. The van der Waals surface area contributed by atoms with Crippen LogP contribution in [0.3, 0.4) is 0 Å². The minimum Gasteiger partial charge on any atom is -0.481 e. The Morgan fingerprint density at radius 1 is 1.30 bits per heavy atom. The van der Waals surface area contributed by atoms with Crippen molar-refractivity contribution in [1.82, 2.24) is 5.32 Å². The van der Waals surface area contributed by atoms with Crippen LogP contribution in [-0.2, 0) is 16.0 Å². The van der Waals surface area contributed by atoms with Crippen LogP contribution in [0.1, 0.15) is 18.9 Å². The fraction of sp³-hybridized carbons (Fsp3) is 0.308. The Morgan fingerprint density at radius 3 is 2.55 bits per heavy atom. The molecule has 1 aromatic rings. The third-order valence-corrected chi connectivity index (χ3v) is 2.64. The van der Waals surface area contributed by atoms with E-state index in [1.165, 1.54) is 6.92 Å². The maximum atomic E-state index is 11.8. The van der Waals surface area contributed by atoms with Gasteiger partial charge in [0.25, 0.3) is 0 Å². The highest BCUT2D eigenvalue weighted by Gasteiger charge is 2.15. The first-order valence-electron chi connectivity index (χ1n) is 6.06. The van der Waals surface area contributed by atoms with Crippen molar-refractivity contribution in [2.45, 2.75) is 25.8 Å². The number of hydrogen-bond acceptors (Lipinski definition) is 3. The minimum absolute atomic E-state index is 0.0258. The predicted octanol–water partition coefficient (Wildman–Crippen LogP) is 0.699. The number of anilines is 1. The highest BCUT2D eigenvalue weighted by molar-refractivity contribution is 5.97. The number of primary amides is 1. The van der Waals surface area contributed by atoms with E-state index in [1.54, 1.807) is 24.3 Å². The van der Waals surface area contributed by atoms with Crippen molar-refractivity contribution < 1.29 is 19.5 Å². The average molecular weight is 279 g/mol. The van der Waals surface area contributed by atoms with Crippen LogP contribution in [0.5, 0.6) is 0 Å². The summed E-state index contributed by atoms with van der Waals surface area (Å²) < 4.78 is 0. The summed E-state index contributed by atoms with van der Waals surface area (Å²) in [7, 11) is 0. The molecule has 1 rings (SSSR count). The standard InChI is InChI=1S/C13H17N3O4/c1-8(15-13(14)20)12(19)16-10-5-3-2-4-9(10)6-7-11(17)18/h2-5,8H,6-7H2,1H3,(H,16,19)(H,17,18)(H3,14,15,20). The summed E-state index contributed by atoms with van der Waals surface area (Å²) in [6.45, 7) is 1.50. The maximum Gasteiger partial charge on any atom is 0.312 e. The number of aliphatic carboxylic acids is 1. The van der Waals surface area contributed by atoms with E-state index in [0.717, 1.165) is 5.56 Å². The lowest BCUT2D eigenvalue weighted by atomic mass is 10.1. The lowest BCUT2D eigenvalue weighted by Gasteiger charge is -2.15. The van der Waals surface area contributed by atoms with E-state index in [2.05, 4.69) is 10.6 Å². The molecule has 1 unspecified atom stereocenters. The van der Waals surface area contributed by atoms with Crippen LogP contribution in [-0.4, -0.2) is 29.1 Å². The van der Waals surface area contributed by atoms with Gasteiger partial charge in [-0.25, -0.2) is 4.79 Å². The second-order valence-electron chi connectivity index (χ2n) is 4.27. The molecule has 3 amide bonds. The number of carbonyl (C=O) groups excluding carboxylic acids is 2. The highest BCUT2D eigenvalue weighted by atomic mass is 16.4. The van der Waals surface area contributed by atoms with Crippen molar-refractivity contribution in [3.8, 4) is 0 Å². The Labute approximate surface area is 116 Å². The van der Waals surface area contributed by atoms with Crippen LogP contribution >= 0.6 is 0 Å². The third-order valence-electron chi connectivity index (χ3n) is 2.64. The van der Waals surface area contributed by atoms with Gasteiger partial charge in [-0.15, -0.1) is 0 Å². The number of para-hydroxylation sites is 1. The normalized spacial score (nSPS) is 11.4. The van der Waals surface area contributed by atoms with E-state index in [1.807, 2.05) is 0 Å². The van der Waals surface area contributed by atoms with E-state index in [4.69, 9.17) is 10.8 Å². The molecular formula is C13H17N3O4. The molecule has 1 atom stereocenters. The molecule has 20 heavy (non-hydrogen) atoms. The first-order valence-corrected chi connectivity index (χ1v) is 6.06. The molecule has 0 radical (unpaired) electrons. The Balaban J connectivity index is 2.73. The number of carbonyl (C=O) groups is 3. The van der Waals surface area contributed by atoms with Crippen molar-refractivity contribution in [3.05, 3.63) is 29.8 Å². The van der Waals surface area contributed by atoms with Crippen LogP contribution < -0.4 is 16.4 Å². The van der Waals surface area contributed by atoms with Gasteiger partial charge < -0.3 is 21.5 Å². The second kappa shape index (κ2) is 7.13. The zero-order chi connectivity index (χ0) is 15.1. The average Bonchev–Trinajstić information content (AvgIpc) is 2.36. The molecule has 0 aliphatic carbocycles. The van der Waals surface area contributed by atoms with E-state index < -0.39 is 23.9 Å². The Bertz CT molecular complexity index is 516. The predicted molar refractivity (Wildman–Crippen MR) is 73.2 cm³/mol. The Kier molecular flexibility index (Phi) is 5.52. The van der Waals surface area contributed by atoms with E-state index >= 15 is 0 Å². The molecule has 0 spiro atoms. The molecule has 0 heterocycles. The van der Waals surface area contributed by atoms with E-state index in [9.17, 15) is 14.4 Å². The lowest BCUT2D eigenvalue weighted by molar-refractivity contribution is -0.136. The third kappa shape index (κ3) is 4.97. The molecule has 0 aromatic heterocycles. The Hall–Kier alpha value is -2.57. The van der Waals surface area contributed by atoms with Crippen molar-refractivity contribution in [2.75, 3.05) is 5.32 Å². The van der Waals surface area contributed by atoms with Crippen LogP contribution in [0.25, 0.3) is 0 Å². The number of hydrogen-bond donors (Lipinski definition) is 4. The summed E-state index contributed by atoms with van der Waals surface area (Å²) in [5, 5.41) is 13.6. The number of amides is 3. The largest absolute Gasteiger partial charge is 0.481 e. The van der Waals surface area contributed by atoms with Gasteiger partial charge in [0.1, 0.15) is 6.04 Å². The zero-order valence-electron chi connectivity index (χ0n) is 11.1. The molecule has 7 heteroatoms. The van der Waals surface area contributed by atoms with Crippen molar-refractivity contribution in [3.63, 3.8) is 0 Å². The van der Waals surface area contributed by atoms with Gasteiger partial charge >= 0.3 is 12.0 Å². The van der Waals surface area contributed by atoms with Crippen molar-refractivity contribution in [2.24, 2.45) is 5.73 Å². The molecule has 108 valence electrons. The number of carboxylic acids is 1. The molecule has 0 aliphatic rings. The minimum atomic E-state index is -0.908. The van der Waals surface area contributed by atoms with Crippen LogP contribution in [0.2, 0.25) is 0 Å². The summed E-state index contributed by atoms with van der Waals surface area (Å²) in [5.74, 6) is -1.33. The van der Waals surface area contributed by atoms with Gasteiger partial charge in [-0.05, 0) is 25.0 Å². The molecule has 0 fully saturated rings.